The number of nitrogens with zero attached hydrogens (tertiary/aromatic N) is 3. The lowest BCUT2D eigenvalue weighted by Gasteiger charge is -2.21. The van der Waals surface area contributed by atoms with Crippen LogP contribution >= 0.6 is 22.9 Å². The molecule has 3 aromatic rings. The molecule has 0 aliphatic carbocycles. The minimum Gasteiger partial charge on any atom is -0.309 e. The molecule has 0 aliphatic rings. The molecule has 0 spiro atoms. The number of thiazole rings is 1. The molecule has 0 saturated heterocycles. The first-order valence-electron chi connectivity index (χ1n) is 8.22. The lowest BCUT2D eigenvalue weighted by atomic mass is 10.2. The van der Waals surface area contributed by atoms with E-state index < -0.39 is 0 Å². The van der Waals surface area contributed by atoms with Gasteiger partial charge in [0.25, 0.3) is 5.91 Å². The summed E-state index contributed by atoms with van der Waals surface area (Å²) in [5.41, 5.74) is 1.23. The van der Waals surface area contributed by atoms with Crippen LogP contribution in [0.1, 0.15) is 16.8 Å². The summed E-state index contributed by atoms with van der Waals surface area (Å²) in [6.07, 6.45) is 0.802. The van der Waals surface area contributed by atoms with E-state index in [0.717, 1.165) is 17.7 Å². The number of fused-ring (bicyclic) bond motifs is 1. The molecule has 3 rings (SSSR count). The van der Waals surface area contributed by atoms with E-state index in [1.54, 1.807) is 35.2 Å². The van der Waals surface area contributed by atoms with Gasteiger partial charge in [-0.2, -0.15) is 0 Å². The van der Waals surface area contributed by atoms with E-state index in [1.807, 2.05) is 14.1 Å². The largest absolute Gasteiger partial charge is 0.309 e. The Morgan fingerprint density at radius 2 is 1.88 bits per heavy atom. The van der Waals surface area contributed by atoms with Crippen molar-refractivity contribution in [2.45, 2.75) is 6.42 Å². The average molecular weight is 392 g/mol. The monoisotopic (exact) mass is 391 g/mol. The van der Waals surface area contributed by atoms with Crippen molar-refractivity contribution in [2.75, 3.05) is 32.1 Å². The van der Waals surface area contributed by atoms with Gasteiger partial charge in [-0.25, -0.2) is 9.37 Å². The van der Waals surface area contributed by atoms with E-state index in [2.05, 4.69) is 9.88 Å². The number of hydrogen-bond acceptors (Lipinski definition) is 4. The van der Waals surface area contributed by atoms with Gasteiger partial charge in [-0.15, -0.1) is 0 Å². The zero-order chi connectivity index (χ0) is 18.7. The van der Waals surface area contributed by atoms with Crippen LogP contribution in [0.25, 0.3) is 10.2 Å². The van der Waals surface area contributed by atoms with Crippen molar-refractivity contribution in [3.63, 3.8) is 0 Å². The Balaban J connectivity index is 1.92. The second-order valence-electron chi connectivity index (χ2n) is 6.23. The Labute approximate surface area is 160 Å². The lowest BCUT2D eigenvalue weighted by molar-refractivity contribution is 0.0986. The topological polar surface area (TPSA) is 36.4 Å². The Kier molecular flexibility index (Phi) is 5.86. The van der Waals surface area contributed by atoms with Crippen LogP contribution in [0.2, 0.25) is 5.02 Å². The van der Waals surface area contributed by atoms with Gasteiger partial charge < -0.3 is 4.90 Å². The Morgan fingerprint density at radius 1 is 1.15 bits per heavy atom. The predicted molar refractivity (Wildman–Crippen MR) is 106 cm³/mol. The first-order chi connectivity index (χ1) is 12.4. The van der Waals surface area contributed by atoms with Gasteiger partial charge in [0.15, 0.2) is 5.13 Å². The Hall–Kier alpha value is -2.02. The standard InChI is InChI=1S/C19H19ClFN3OS/c1-23(2)10-3-11-24(18(25)13-4-6-14(20)7-5-13)19-22-16-9-8-15(21)12-17(16)26-19/h4-9,12H,3,10-11H2,1-2H3. The van der Waals surface area contributed by atoms with Gasteiger partial charge >= 0.3 is 0 Å². The van der Waals surface area contributed by atoms with Crippen LogP contribution in [0.15, 0.2) is 42.5 Å². The van der Waals surface area contributed by atoms with Gasteiger partial charge in [-0.3, -0.25) is 9.69 Å². The van der Waals surface area contributed by atoms with Crippen LogP contribution in [-0.2, 0) is 0 Å². The van der Waals surface area contributed by atoms with Crippen molar-refractivity contribution in [3.8, 4) is 0 Å². The van der Waals surface area contributed by atoms with Crippen molar-refractivity contribution in [1.29, 1.82) is 0 Å². The number of anilines is 1. The first kappa shape index (κ1) is 18.8. The first-order valence-corrected chi connectivity index (χ1v) is 9.42. The molecular formula is C19H19ClFN3OS. The minimum absolute atomic E-state index is 0.139. The number of carbonyl (C=O) groups is 1. The van der Waals surface area contributed by atoms with Gasteiger partial charge in [0.1, 0.15) is 5.82 Å². The second kappa shape index (κ2) is 8.12. The highest BCUT2D eigenvalue weighted by Crippen LogP contribution is 2.30. The molecule has 2 aromatic carbocycles. The maximum Gasteiger partial charge on any atom is 0.260 e. The summed E-state index contributed by atoms with van der Waals surface area (Å²) >= 11 is 7.24. The van der Waals surface area contributed by atoms with E-state index >= 15 is 0 Å². The van der Waals surface area contributed by atoms with Gasteiger partial charge in [0, 0.05) is 17.1 Å². The Morgan fingerprint density at radius 3 is 2.58 bits per heavy atom. The Bertz CT molecular complexity index is 911. The molecule has 0 radical (unpaired) electrons. The zero-order valence-electron chi connectivity index (χ0n) is 14.6. The third kappa shape index (κ3) is 4.38. The number of carbonyl (C=O) groups excluding carboxylic acids is 1. The van der Waals surface area contributed by atoms with Crippen LogP contribution in [-0.4, -0.2) is 43.0 Å². The van der Waals surface area contributed by atoms with E-state index in [4.69, 9.17) is 11.6 Å². The van der Waals surface area contributed by atoms with Crippen LogP contribution in [0.4, 0.5) is 9.52 Å². The van der Waals surface area contributed by atoms with Gasteiger partial charge in [0.05, 0.1) is 10.2 Å². The molecule has 0 atom stereocenters. The molecule has 0 aliphatic heterocycles. The quantitative estimate of drug-likeness (QED) is 0.611. The van der Waals surface area contributed by atoms with Gasteiger partial charge in [-0.1, -0.05) is 22.9 Å². The fourth-order valence-corrected chi connectivity index (χ4v) is 3.72. The summed E-state index contributed by atoms with van der Waals surface area (Å²) in [6.45, 7) is 1.38. The van der Waals surface area contributed by atoms with Crippen LogP contribution in [0, 0.1) is 5.82 Å². The third-order valence-corrected chi connectivity index (χ3v) is 5.19. The van der Waals surface area contributed by atoms with Crippen LogP contribution in [0.5, 0.6) is 0 Å². The maximum atomic E-state index is 13.5. The third-order valence-electron chi connectivity index (χ3n) is 3.89. The number of aromatic nitrogens is 1. The molecule has 1 amide bonds. The summed E-state index contributed by atoms with van der Waals surface area (Å²) in [5.74, 6) is -0.448. The summed E-state index contributed by atoms with van der Waals surface area (Å²) in [6, 6.07) is 11.3. The van der Waals surface area contributed by atoms with Crippen LogP contribution in [0.3, 0.4) is 0 Å². The van der Waals surface area contributed by atoms with Gasteiger partial charge in [-0.05, 0) is 69.5 Å². The van der Waals surface area contributed by atoms with Crippen molar-refractivity contribution in [1.82, 2.24) is 9.88 Å². The lowest BCUT2D eigenvalue weighted by Crippen LogP contribution is -2.33. The number of rotatable bonds is 6. The highest BCUT2D eigenvalue weighted by Gasteiger charge is 2.21. The van der Waals surface area contributed by atoms with E-state index in [1.165, 1.54) is 23.5 Å². The normalized spacial score (nSPS) is 11.3. The van der Waals surface area contributed by atoms with Gasteiger partial charge in [0.2, 0.25) is 0 Å². The second-order valence-corrected chi connectivity index (χ2v) is 7.67. The summed E-state index contributed by atoms with van der Waals surface area (Å²) in [4.78, 5) is 21.3. The molecule has 1 heterocycles. The maximum absolute atomic E-state index is 13.5. The minimum atomic E-state index is -0.309. The highest BCUT2D eigenvalue weighted by atomic mass is 35.5. The molecule has 0 N–H and O–H groups in total. The smallest absolute Gasteiger partial charge is 0.260 e. The van der Waals surface area contributed by atoms with Crippen molar-refractivity contribution in [3.05, 3.63) is 58.9 Å². The number of benzene rings is 2. The van der Waals surface area contributed by atoms with Crippen molar-refractivity contribution >= 4 is 44.2 Å². The molecular weight excluding hydrogens is 373 g/mol. The van der Waals surface area contributed by atoms with Crippen LogP contribution < -0.4 is 4.90 Å². The van der Waals surface area contributed by atoms with E-state index in [0.29, 0.717) is 27.8 Å². The molecule has 0 saturated carbocycles. The molecule has 0 fully saturated rings. The summed E-state index contributed by atoms with van der Waals surface area (Å²) in [7, 11) is 3.98. The molecule has 0 unspecified atom stereocenters. The average Bonchev–Trinajstić information content (AvgIpc) is 3.01. The molecule has 0 bridgehead atoms. The number of hydrogen-bond donors (Lipinski definition) is 0. The SMILES string of the molecule is CN(C)CCCN(C(=O)c1ccc(Cl)cc1)c1nc2ccc(F)cc2s1. The zero-order valence-corrected chi connectivity index (χ0v) is 16.1. The fourth-order valence-electron chi connectivity index (χ4n) is 2.58. The van der Waals surface area contributed by atoms with E-state index in [-0.39, 0.29) is 11.7 Å². The molecule has 4 nitrogen and oxygen atoms in total. The molecule has 136 valence electrons. The summed E-state index contributed by atoms with van der Waals surface area (Å²) in [5, 5.41) is 1.15. The molecule has 7 heteroatoms. The van der Waals surface area contributed by atoms with Crippen molar-refractivity contribution in [2.24, 2.45) is 0 Å². The van der Waals surface area contributed by atoms with Crippen molar-refractivity contribution < 1.29 is 9.18 Å². The summed E-state index contributed by atoms with van der Waals surface area (Å²) < 4.78 is 14.2. The molecule has 26 heavy (non-hydrogen) atoms. The fraction of sp³-hybridized carbons (Fsp3) is 0.263. The van der Waals surface area contributed by atoms with E-state index in [9.17, 15) is 9.18 Å². The number of amides is 1. The molecule has 1 aromatic heterocycles. The number of halogens is 2. The predicted octanol–water partition coefficient (Wildman–Crippen LogP) is 4.69. The highest BCUT2D eigenvalue weighted by molar-refractivity contribution is 7.22.